The van der Waals surface area contributed by atoms with E-state index in [-0.39, 0.29) is 17.7 Å². The van der Waals surface area contributed by atoms with Gasteiger partial charge in [-0.25, -0.2) is 0 Å². The van der Waals surface area contributed by atoms with Gasteiger partial charge in [0.15, 0.2) is 0 Å². The summed E-state index contributed by atoms with van der Waals surface area (Å²) in [5, 5.41) is 7.80. The molecule has 0 aromatic rings. The molecule has 0 aliphatic carbocycles. The van der Waals surface area contributed by atoms with Crippen molar-refractivity contribution in [1.82, 2.24) is 25.8 Å². The van der Waals surface area contributed by atoms with Crippen LogP contribution < -0.4 is 16.0 Å². The first-order valence-electron chi connectivity index (χ1n) is 7.95. The molecule has 0 aromatic carbocycles. The van der Waals surface area contributed by atoms with Crippen LogP contribution in [0.3, 0.4) is 0 Å². The van der Waals surface area contributed by atoms with E-state index in [0.717, 1.165) is 13.1 Å². The summed E-state index contributed by atoms with van der Waals surface area (Å²) in [7, 11) is 6.81. The number of nitrogens with zero attached hydrogens (tertiary/aromatic N) is 2. The number of carbonyl (C=O) groups is 3. The van der Waals surface area contributed by atoms with E-state index in [2.05, 4.69) is 25.8 Å². The molecular formula is C15H31N5O3. The largest absolute Gasteiger partial charge is 0.359 e. The first kappa shape index (κ1) is 21.3. The molecule has 23 heavy (non-hydrogen) atoms. The Hall–Kier alpha value is -1.67. The van der Waals surface area contributed by atoms with Crippen LogP contribution in [0.1, 0.15) is 19.3 Å². The maximum atomic E-state index is 11.4. The molecule has 0 saturated heterocycles. The normalized spacial score (nSPS) is 10.7. The van der Waals surface area contributed by atoms with Crippen LogP contribution in [-0.2, 0) is 14.4 Å². The Kier molecular flexibility index (Phi) is 11.9. The zero-order chi connectivity index (χ0) is 17.7. The van der Waals surface area contributed by atoms with Crippen molar-refractivity contribution in [1.29, 1.82) is 0 Å². The van der Waals surface area contributed by atoms with Crippen molar-refractivity contribution in [3.8, 4) is 0 Å². The van der Waals surface area contributed by atoms with Crippen molar-refractivity contribution in [3.63, 3.8) is 0 Å². The predicted octanol–water partition coefficient (Wildman–Crippen LogP) is -1.37. The van der Waals surface area contributed by atoms with E-state index in [4.69, 9.17) is 0 Å². The Balaban J connectivity index is 4.23. The SMILES string of the molecule is CNC(=O)CCN(C)CCN(CCC(=O)NC)CCC(=O)NC. The van der Waals surface area contributed by atoms with Crippen LogP contribution >= 0.6 is 0 Å². The van der Waals surface area contributed by atoms with Gasteiger partial charge in [-0.2, -0.15) is 0 Å². The third-order valence-corrected chi connectivity index (χ3v) is 3.67. The lowest BCUT2D eigenvalue weighted by molar-refractivity contribution is -0.122. The summed E-state index contributed by atoms with van der Waals surface area (Å²) in [4.78, 5) is 38.2. The summed E-state index contributed by atoms with van der Waals surface area (Å²) in [6.45, 7) is 3.43. The van der Waals surface area contributed by atoms with E-state index in [9.17, 15) is 14.4 Å². The van der Waals surface area contributed by atoms with Gasteiger partial charge in [-0.3, -0.25) is 14.4 Å². The molecular weight excluding hydrogens is 298 g/mol. The van der Waals surface area contributed by atoms with Gasteiger partial charge in [-0.05, 0) is 7.05 Å². The number of hydrogen-bond acceptors (Lipinski definition) is 5. The van der Waals surface area contributed by atoms with Gasteiger partial charge in [-0.15, -0.1) is 0 Å². The van der Waals surface area contributed by atoms with E-state index in [0.29, 0.717) is 38.9 Å². The molecule has 0 radical (unpaired) electrons. The topological polar surface area (TPSA) is 93.8 Å². The lowest BCUT2D eigenvalue weighted by atomic mass is 10.3. The molecule has 134 valence electrons. The smallest absolute Gasteiger partial charge is 0.221 e. The fourth-order valence-electron chi connectivity index (χ4n) is 1.95. The average Bonchev–Trinajstić information content (AvgIpc) is 2.57. The third-order valence-electron chi connectivity index (χ3n) is 3.67. The second-order valence-electron chi connectivity index (χ2n) is 5.41. The van der Waals surface area contributed by atoms with Crippen molar-refractivity contribution in [2.45, 2.75) is 19.3 Å². The molecule has 0 aliphatic heterocycles. The number of likely N-dealkylation sites (N-methyl/N-ethyl adjacent to an activating group) is 1. The molecule has 0 aromatic heterocycles. The van der Waals surface area contributed by atoms with Crippen molar-refractivity contribution in [3.05, 3.63) is 0 Å². The summed E-state index contributed by atoms with van der Waals surface area (Å²) >= 11 is 0. The van der Waals surface area contributed by atoms with Crippen LogP contribution in [0.5, 0.6) is 0 Å². The number of nitrogens with one attached hydrogen (secondary N) is 3. The van der Waals surface area contributed by atoms with Crippen molar-refractivity contribution in [2.24, 2.45) is 0 Å². The molecule has 0 saturated carbocycles. The molecule has 0 rings (SSSR count). The van der Waals surface area contributed by atoms with Crippen LogP contribution in [0, 0.1) is 0 Å². The van der Waals surface area contributed by atoms with E-state index < -0.39 is 0 Å². The maximum absolute atomic E-state index is 11.4. The van der Waals surface area contributed by atoms with E-state index in [1.807, 2.05) is 7.05 Å². The van der Waals surface area contributed by atoms with Crippen LogP contribution in [0.2, 0.25) is 0 Å². The highest BCUT2D eigenvalue weighted by Gasteiger charge is 2.11. The van der Waals surface area contributed by atoms with E-state index in [1.54, 1.807) is 21.1 Å². The lowest BCUT2D eigenvalue weighted by Crippen LogP contribution is -2.38. The highest BCUT2D eigenvalue weighted by molar-refractivity contribution is 5.76. The van der Waals surface area contributed by atoms with Crippen LogP contribution in [-0.4, -0.2) is 88.4 Å². The summed E-state index contributed by atoms with van der Waals surface area (Å²) in [6.07, 6.45) is 1.28. The first-order valence-corrected chi connectivity index (χ1v) is 7.95. The van der Waals surface area contributed by atoms with E-state index >= 15 is 0 Å². The number of carbonyl (C=O) groups excluding carboxylic acids is 3. The second kappa shape index (κ2) is 12.8. The van der Waals surface area contributed by atoms with Gasteiger partial charge in [0.05, 0.1) is 0 Å². The van der Waals surface area contributed by atoms with Crippen molar-refractivity contribution in [2.75, 3.05) is 60.9 Å². The molecule has 3 amide bonds. The summed E-state index contributed by atoms with van der Waals surface area (Å²) < 4.78 is 0. The van der Waals surface area contributed by atoms with Crippen LogP contribution in [0.15, 0.2) is 0 Å². The number of amides is 3. The Morgan fingerprint density at radius 1 is 0.652 bits per heavy atom. The van der Waals surface area contributed by atoms with Gasteiger partial charge in [0.25, 0.3) is 0 Å². The molecule has 3 N–H and O–H groups in total. The predicted molar refractivity (Wildman–Crippen MR) is 90.0 cm³/mol. The maximum Gasteiger partial charge on any atom is 0.221 e. The van der Waals surface area contributed by atoms with Gasteiger partial charge in [0, 0.05) is 73.1 Å². The molecule has 0 unspecified atom stereocenters. The molecule has 0 heterocycles. The quantitative estimate of drug-likeness (QED) is 0.411. The Bertz CT molecular complexity index is 356. The Morgan fingerprint density at radius 2 is 1.04 bits per heavy atom. The molecule has 0 aliphatic rings. The zero-order valence-corrected chi connectivity index (χ0v) is 14.8. The third kappa shape index (κ3) is 11.5. The molecule has 0 atom stereocenters. The van der Waals surface area contributed by atoms with Gasteiger partial charge >= 0.3 is 0 Å². The highest BCUT2D eigenvalue weighted by Crippen LogP contribution is 1.97. The summed E-state index contributed by atoms with van der Waals surface area (Å²) in [5.41, 5.74) is 0. The Morgan fingerprint density at radius 3 is 1.43 bits per heavy atom. The van der Waals surface area contributed by atoms with Gasteiger partial charge in [0.1, 0.15) is 0 Å². The van der Waals surface area contributed by atoms with Gasteiger partial charge in [0.2, 0.25) is 17.7 Å². The minimum atomic E-state index is -0.0112. The van der Waals surface area contributed by atoms with Crippen molar-refractivity contribution < 1.29 is 14.4 Å². The minimum absolute atomic E-state index is 0.0112. The summed E-state index contributed by atoms with van der Waals surface area (Å²) in [5.74, 6) is -0.00114. The molecule has 8 nitrogen and oxygen atoms in total. The van der Waals surface area contributed by atoms with Crippen molar-refractivity contribution >= 4 is 17.7 Å². The van der Waals surface area contributed by atoms with Gasteiger partial charge < -0.3 is 25.8 Å². The fraction of sp³-hybridized carbons (Fsp3) is 0.800. The van der Waals surface area contributed by atoms with Gasteiger partial charge in [-0.1, -0.05) is 0 Å². The number of hydrogen-bond donors (Lipinski definition) is 3. The fourth-order valence-corrected chi connectivity index (χ4v) is 1.95. The first-order chi connectivity index (χ1) is 10.9. The second-order valence-corrected chi connectivity index (χ2v) is 5.41. The highest BCUT2D eigenvalue weighted by atomic mass is 16.2. The molecule has 0 fully saturated rings. The number of rotatable bonds is 12. The van der Waals surface area contributed by atoms with E-state index in [1.165, 1.54) is 0 Å². The average molecular weight is 329 g/mol. The van der Waals surface area contributed by atoms with Crippen LogP contribution in [0.4, 0.5) is 0 Å². The molecule has 0 spiro atoms. The zero-order valence-electron chi connectivity index (χ0n) is 14.8. The summed E-state index contributed by atoms with van der Waals surface area (Å²) in [6, 6.07) is 0. The molecule has 8 heteroatoms. The lowest BCUT2D eigenvalue weighted by Gasteiger charge is -2.25. The van der Waals surface area contributed by atoms with Crippen LogP contribution in [0.25, 0.3) is 0 Å². The monoisotopic (exact) mass is 329 g/mol. The Labute approximate surface area is 139 Å². The minimum Gasteiger partial charge on any atom is -0.359 e. The molecule has 0 bridgehead atoms. The standard InChI is InChI=1S/C15H31N5O3/c1-16-13(21)5-8-19(4)11-12-20(9-6-14(22)17-2)10-7-15(23)18-3/h5-12H2,1-4H3,(H,16,21)(H,17,22)(H,18,23).